The summed E-state index contributed by atoms with van der Waals surface area (Å²) in [5, 5.41) is 41.0. The average Bonchev–Trinajstić information content (AvgIpc) is 2.41. The first kappa shape index (κ1) is 17.2. The predicted octanol–water partition coefficient (Wildman–Crippen LogP) is 1.55. The first-order valence-electron chi connectivity index (χ1n) is 8.40. The number of aliphatic hydroxyl groups excluding tert-OH is 4. The molecule has 2 aliphatic carbocycles. The molecule has 0 aromatic rings. The number of hydrogen-bond donors (Lipinski definition) is 4. The Bertz CT molecular complexity index is 325. The summed E-state index contributed by atoms with van der Waals surface area (Å²) in [5.74, 6) is -0.0745. The third-order valence-electron chi connectivity index (χ3n) is 6.57. The summed E-state index contributed by atoms with van der Waals surface area (Å²) in [5.41, 5.74) is -0.207. The third kappa shape index (κ3) is 3.00. The molecule has 4 nitrogen and oxygen atoms in total. The lowest BCUT2D eigenvalue weighted by Gasteiger charge is -2.52. The Morgan fingerprint density at radius 1 is 0.667 bits per heavy atom. The van der Waals surface area contributed by atoms with Gasteiger partial charge < -0.3 is 20.4 Å². The maximum absolute atomic E-state index is 10.6. The fourth-order valence-corrected chi connectivity index (χ4v) is 4.66. The van der Waals surface area contributed by atoms with E-state index in [9.17, 15) is 20.4 Å². The second-order valence-corrected chi connectivity index (χ2v) is 8.02. The Labute approximate surface area is 128 Å². The largest absolute Gasteiger partial charge is 0.393 e. The molecule has 8 unspecified atom stereocenters. The summed E-state index contributed by atoms with van der Waals surface area (Å²) >= 11 is 0. The monoisotopic (exact) mass is 300 g/mol. The molecular weight excluding hydrogens is 268 g/mol. The van der Waals surface area contributed by atoms with Crippen molar-refractivity contribution in [2.45, 2.75) is 77.8 Å². The van der Waals surface area contributed by atoms with E-state index < -0.39 is 24.4 Å². The van der Waals surface area contributed by atoms with E-state index in [1.165, 1.54) is 0 Å². The lowest BCUT2D eigenvalue weighted by atomic mass is 9.56. The van der Waals surface area contributed by atoms with Gasteiger partial charge in [-0.25, -0.2) is 0 Å². The average molecular weight is 300 g/mol. The Kier molecular flexibility index (Phi) is 5.04. The fourth-order valence-electron chi connectivity index (χ4n) is 4.66. The highest BCUT2D eigenvalue weighted by Crippen LogP contribution is 2.50. The minimum absolute atomic E-state index is 0.0815. The van der Waals surface area contributed by atoms with Crippen LogP contribution in [0.1, 0.15) is 53.4 Å². The molecule has 0 saturated heterocycles. The van der Waals surface area contributed by atoms with Crippen LogP contribution < -0.4 is 0 Å². The molecule has 2 aliphatic rings. The Morgan fingerprint density at radius 3 is 1.33 bits per heavy atom. The Morgan fingerprint density at radius 2 is 1.00 bits per heavy atom. The normalized spacial score (nSPS) is 49.1. The molecule has 21 heavy (non-hydrogen) atoms. The van der Waals surface area contributed by atoms with E-state index >= 15 is 0 Å². The second kappa shape index (κ2) is 6.15. The van der Waals surface area contributed by atoms with Crippen molar-refractivity contribution < 1.29 is 20.4 Å². The SMILES string of the molecule is CC1C(O)CCC(C(C)(C)C2CCC(O)C(C)C2O)C1O. The lowest BCUT2D eigenvalue weighted by molar-refractivity contribution is -0.140. The number of rotatable bonds is 2. The van der Waals surface area contributed by atoms with E-state index in [-0.39, 0.29) is 29.1 Å². The van der Waals surface area contributed by atoms with Crippen molar-refractivity contribution in [3.63, 3.8) is 0 Å². The zero-order valence-electron chi connectivity index (χ0n) is 13.7. The quantitative estimate of drug-likeness (QED) is 0.624. The van der Waals surface area contributed by atoms with Crippen molar-refractivity contribution in [3.8, 4) is 0 Å². The van der Waals surface area contributed by atoms with Crippen molar-refractivity contribution >= 4 is 0 Å². The van der Waals surface area contributed by atoms with Crippen LogP contribution in [-0.4, -0.2) is 44.8 Å². The molecule has 0 radical (unpaired) electrons. The molecule has 0 spiro atoms. The van der Waals surface area contributed by atoms with Crippen LogP contribution in [0.4, 0.5) is 0 Å². The molecule has 0 aliphatic heterocycles. The summed E-state index contributed by atoms with van der Waals surface area (Å²) in [6, 6.07) is 0. The molecule has 124 valence electrons. The summed E-state index contributed by atoms with van der Waals surface area (Å²) in [4.78, 5) is 0. The molecule has 0 amide bonds. The van der Waals surface area contributed by atoms with Crippen LogP contribution in [0.2, 0.25) is 0 Å². The van der Waals surface area contributed by atoms with Crippen LogP contribution in [0.25, 0.3) is 0 Å². The van der Waals surface area contributed by atoms with Gasteiger partial charge >= 0.3 is 0 Å². The summed E-state index contributed by atoms with van der Waals surface area (Å²) in [7, 11) is 0. The van der Waals surface area contributed by atoms with E-state index in [0.717, 1.165) is 12.8 Å². The van der Waals surface area contributed by atoms with Crippen LogP contribution in [-0.2, 0) is 0 Å². The number of hydrogen-bond acceptors (Lipinski definition) is 4. The topological polar surface area (TPSA) is 80.9 Å². The predicted molar refractivity (Wildman–Crippen MR) is 81.6 cm³/mol. The van der Waals surface area contributed by atoms with Gasteiger partial charge in [0.05, 0.1) is 24.4 Å². The van der Waals surface area contributed by atoms with Crippen LogP contribution in [0.15, 0.2) is 0 Å². The Balaban J connectivity index is 2.17. The van der Waals surface area contributed by atoms with Crippen LogP contribution in [0.5, 0.6) is 0 Å². The highest BCUT2D eigenvalue weighted by atomic mass is 16.3. The maximum atomic E-state index is 10.6. The van der Waals surface area contributed by atoms with Crippen molar-refractivity contribution in [1.82, 2.24) is 0 Å². The first-order chi connectivity index (χ1) is 9.67. The minimum atomic E-state index is -0.530. The van der Waals surface area contributed by atoms with Crippen molar-refractivity contribution in [1.29, 1.82) is 0 Å². The van der Waals surface area contributed by atoms with Gasteiger partial charge in [0.1, 0.15) is 0 Å². The van der Waals surface area contributed by atoms with E-state index in [1.54, 1.807) is 0 Å². The van der Waals surface area contributed by atoms with Gasteiger partial charge in [0.25, 0.3) is 0 Å². The van der Waals surface area contributed by atoms with Gasteiger partial charge in [0.2, 0.25) is 0 Å². The molecular formula is C17H32O4. The maximum Gasteiger partial charge on any atom is 0.0623 e. The van der Waals surface area contributed by atoms with E-state index in [1.807, 2.05) is 13.8 Å². The lowest BCUT2D eigenvalue weighted by Crippen LogP contribution is -2.53. The zero-order chi connectivity index (χ0) is 15.9. The van der Waals surface area contributed by atoms with Crippen LogP contribution in [0, 0.1) is 29.1 Å². The van der Waals surface area contributed by atoms with Crippen molar-refractivity contribution in [3.05, 3.63) is 0 Å². The second-order valence-electron chi connectivity index (χ2n) is 8.02. The summed E-state index contributed by atoms with van der Waals surface area (Å²) in [6.07, 6.45) is 1.10. The van der Waals surface area contributed by atoms with Gasteiger partial charge in [-0.05, 0) is 42.9 Å². The van der Waals surface area contributed by atoms with E-state index in [2.05, 4.69) is 13.8 Å². The van der Waals surface area contributed by atoms with Crippen molar-refractivity contribution in [2.75, 3.05) is 0 Å². The van der Waals surface area contributed by atoms with Gasteiger partial charge in [-0.15, -0.1) is 0 Å². The van der Waals surface area contributed by atoms with Gasteiger partial charge in [-0.2, -0.15) is 0 Å². The molecule has 4 N–H and O–H groups in total. The smallest absolute Gasteiger partial charge is 0.0623 e. The van der Waals surface area contributed by atoms with Crippen LogP contribution >= 0.6 is 0 Å². The van der Waals surface area contributed by atoms with Crippen LogP contribution in [0.3, 0.4) is 0 Å². The number of aliphatic hydroxyl groups is 4. The van der Waals surface area contributed by atoms with Gasteiger partial charge in [0, 0.05) is 11.8 Å². The highest BCUT2D eigenvalue weighted by Gasteiger charge is 2.50. The first-order valence-corrected chi connectivity index (χ1v) is 8.40. The molecule has 0 aromatic carbocycles. The van der Waals surface area contributed by atoms with Gasteiger partial charge in [-0.3, -0.25) is 0 Å². The third-order valence-corrected chi connectivity index (χ3v) is 6.57. The fraction of sp³-hybridized carbons (Fsp3) is 1.00. The Hall–Kier alpha value is -0.160. The minimum Gasteiger partial charge on any atom is -0.393 e. The molecule has 2 rings (SSSR count). The van der Waals surface area contributed by atoms with E-state index in [4.69, 9.17) is 0 Å². The molecule has 2 saturated carbocycles. The molecule has 0 bridgehead atoms. The standard InChI is InChI=1S/C17H32O4/c1-9-13(18)7-5-11(15(9)20)17(3,4)12-6-8-14(19)10(2)16(12)21/h9-16,18-21H,5-8H2,1-4H3. The van der Waals surface area contributed by atoms with Crippen molar-refractivity contribution in [2.24, 2.45) is 29.1 Å². The summed E-state index contributed by atoms with van der Waals surface area (Å²) in [6.45, 7) is 8.07. The zero-order valence-corrected chi connectivity index (χ0v) is 13.7. The highest BCUT2D eigenvalue weighted by molar-refractivity contribution is 4.99. The molecule has 8 atom stereocenters. The summed E-state index contributed by atoms with van der Waals surface area (Å²) < 4.78 is 0. The molecule has 4 heteroatoms. The molecule has 0 aromatic heterocycles. The van der Waals surface area contributed by atoms with E-state index in [0.29, 0.717) is 12.8 Å². The van der Waals surface area contributed by atoms with Gasteiger partial charge in [0.15, 0.2) is 0 Å². The molecule has 2 fully saturated rings. The van der Waals surface area contributed by atoms with Gasteiger partial charge in [-0.1, -0.05) is 27.7 Å². The molecule has 0 heterocycles.